The molecule has 4 rings (SSSR count). The van der Waals surface area contributed by atoms with E-state index in [-0.39, 0.29) is 35.5 Å². The monoisotopic (exact) mass is 438 g/mol. The third kappa shape index (κ3) is 4.20. The number of aromatic nitrogens is 2. The van der Waals surface area contributed by atoms with Crippen LogP contribution >= 0.6 is 0 Å². The summed E-state index contributed by atoms with van der Waals surface area (Å²) in [5, 5.41) is 5.47. The summed E-state index contributed by atoms with van der Waals surface area (Å²) in [4.78, 5) is 58.8. The lowest BCUT2D eigenvalue weighted by Crippen LogP contribution is -2.41. The van der Waals surface area contributed by atoms with Crippen LogP contribution in [0.2, 0.25) is 0 Å². The normalized spacial score (nSPS) is 18.6. The molecule has 1 saturated heterocycles. The number of fused-ring (bicyclic) bond motifs is 1. The fourth-order valence-corrected chi connectivity index (χ4v) is 4.20. The highest BCUT2D eigenvalue weighted by molar-refractivity contribution is 6.04. The molecule has 32 heavy (non-hydrogen) atoms. The van der Waals surface area contributed by atoms with Crippen LogP contribution in [0.15, 0.2) is 23.0 Å². The average molecular weight is 438 g/mol. The molecule has 0 unspecified atom stereocenters. The standard InChI is InChI=1S/C22H26N6O4/c1-11-3-4-12(2)15(9-11)24-20(31)14-10-16(29)25-19-17(14)21(32)27-22(26-19)28-7-5-13(6-8-28)18(23)30/h3-4,9,13-14H,5-8,10H2,1-2H3,(H2,23,30)(H,24,31)(H2,25,26,27,29,32)/t14-/m1/s1. The zero-order chi connectivity index (χ0) is 23.0. The second-order valence-electron chi connectivity index (χ2n) is 8.43. The molecule has 1 aromatic carbocycles. The maximum atomic E-state index is 13.1. The zero-order valence-corrected chi connectivity index (χ0v) is 18.0. The molecule has 1 aromatic heterocycles. The lowest BCUT2D eigenvalue weighted by Gasteiger charge is -2.32. The highest BCUT2D eigenvalue weighted by atomic mass is 16.2. The quantitative estimate of drug-likeness (QED) is 0.562. The van der Waals surface area contributed by atoms with Gasteiger partial charge in [-0.1, -0.05) is 12.1 Å². The minimum Gasteiger partial charge on any atom is -0.369 e. The van der Waals surface area contributed by atoms with E-state index in [4.69, 9.17) is 5.73 Å². The Labute approximate surface area is 184 Å². The van der Waals surface area contributed by atoms with Gasteiger partial charge in [0.2, 0.25) is 23.7 Å². The minimum absolute atomic E-state index is 0.0955. The molecule has 0 bridgehead atoms. The number of hydrogen-bond acceptors (Lipinski definition) is 6. The van der Waals surface area contributed by atoms with Crippen LogP contribution in [0.1, 0.15) is 41.9 Å². The van der Waals surface area contributed by atoms with Gasteiger partial charge in [-0.15, -0.1) is 0 Å². The topological polar surface area (TPSA) is 150 Å². The van der Waals surface area contributed by atoms with Gasteiger partial charge in [-0.2, -0.15) is 4.98 Å². The highest BCUT2D eigenvalue weighted by Gasteiger charge is 2.35. The number of aryl methyl sites for hydroxylation is 2. The van der Waals surface area contributed by atoms with Gasteiger partial charge in [0.25, 0.3) is 5.56 Å². The van der Waals surface area contributed by atoms with E-state index in [1.807, 2.05) is 36.9 Å². The Bertz CT molecular complexity index is 1150. The van der Waals surface area contributed by atoms with Crippen molar-refractivity contribution in [1.29, 1.82) is 0 Å². The summed E-state index contributed by atoms with van der Waals surface area (Å²) in [6, 6.07) is 5.68. The third-order valence-electron chi connectivity index (χ3n) is 6.10. The van der Waals surface area contributed by atoms with Crippen molar-refractivity contribution in [2.24, 2.45) is 11.7 Å². The van der Waals surface area contributed by atoms with Crippen molar-refractivity contribution in [1.82, 2.24) is 9.97 Å². The first kappa shape index (κ1) is 21.5. The summed E-state index contributed by atoms with van der Waals surface area (Å²) in [6.45, 7) is 4.79. The Morgan fingerprint density at radius 3 is 2.59 bits per heavy atom. The molecular formula is C22H26N6O4. The Morgan fingerprint density at radius 2 is 1.91 bits per heavy atom. The molecule has 2 aliphatic rings. The van der Waals surface area contributed by atoms with Gasteiger partial charge in [0.05, 0.1) is 11.5 Å². The molecular weight excluding hydrogens is 412 g/mol. The fraction of sp³-hybridized carbons (Fsp3) is 0.409. The number of carbonyl (C=O) groups excluding carboxylic acids is 3. The first-order chi connectivity index (χ1) is 15.2. The van der Waals surface area contributed by atoms with Crippen molar-refractivity contribution in [2.75, 3.05) is 28.6 Å². The van der Waals surface area contributed by atoms with Crippen LogP contribution in [0.5, 0.6) is 0 Å². The highest BCUT2D eigenvalue weighted by Crippen LogP contribution is 2.31. The Balaban J connectivity index is 1.61. The number of amides is 3. The number of primary amides is 1. The van der Waals surface area contributed by atoms with Gasteiger partial charge in [-0.3, -0.25) is 24.2 Å². The molecule has 1 atom stereocenters. The summed E-state index contributed by atoms with van der Waals surface area (Å²) in [5.41, 5.74) is 7.56. The molecule has 10 heteroatoms. The van der Waals surface area contributed by atoms with E-state index in [2.05, 4.69) is 20.6 Å². The van der Waals surface area contributed by atoms with Crippen LogP contribution in [0.3, 0.4) is 0 Å². The fourth-order valence-electron chi connectivity index (χ4n) is 4.20. The van der Waals surface area contributed by atoms with E-state index in [9.17, 15) is 19.2 Å². The molecule has 1 fully saturated rings. The number of carbonyl (C=O) groups is 3. The number of nitrogens with two attached hydrogens (primary N) is 1. The van der Waals surface area contributed by atoms with Crippen molar-refractivity contribution in [3.05, 3.63) is 45.2 Å². The van der Waals surface area contributed by atoms with E-state index in [1.165, 1.54) is 0 Å². The molecule has 2 aromatic rings. The molecule has 2 aliphatic heterocycles. The van der Waals surface area contributed by atoms with Gasteiger partial charge in [0.1, 0.15) is 5.82 Å². The number of H-pyrrole nitrogens is 1. The lowest BCUT2D eigenvalue weighted by molar-refractivity contribution is -0.123. The molecule has 0 radical (unpaired) electrons. The molecule has 0 saturated carbocycles. The van der Waals surface area contributed by atoms with Crippen molar-refractivity contribution in [3.63, 3.8) is 0 Å². The summed E-state index contributed by atoms with van der Waals surface area (Å²) in [7, 11) is 0. The summed E-state index contributed by atoms with van der Waals surface area (Å²) >= 11 is 0. The molecule has 0 spiro atoms. The second kappa shape index (κ2) is 8.45. The number of piperidine rings is 1. The maximum absolute atomic E-state index is 13.1. The van der Waals surface area contributed by atoms with E-state index in [0.717, 1.165) is 11.1 Å². The second-order valence-corrected chi connectivity index (χ2v) is 8.43. The lowest BCUT2D eigenvalue weighted by atomic mass is 9.92. The van der Waals surface area contributed by atoms with Gasteiger partial charge in [-0.05, 0) is 43.9 Å². The number of rotatable bonds is 4. The molecule has 3 amide bonds. The van der Waals surface area contributed by atoms with E-state index >= 15 is 0 Å². The number of hydrogen-bond donors (Lipinski definition) is 4. The zero-order valence-electron chi connectivity index (χ0n) is 18.0. The molecule has 0 aliphatic carbocycles. The smallest absolute Gasteiger partial charge is 0.258 e. The number of anilines is 3. The van der Waals surface area contributed by atoms with Crippen LogP contribution in [0, 0.1) is 19.8 Å². The van der Waals surface area contributed by atoms with Crippen LogP contribution in [-0.4, -0.2) is 40.8 Å². The van der Waals surface area contributed by atoms with Crippen molar-refractivity contribution in [2.45, 2.75) is 39.0 Å². The number of nitrogens with zero attached hydrogens (tertiary/aromatic N) is 2. The van der Waals surface area contributed by atoms with Crippen LogP contribution in [0.4, 0.5) is 17.5 Å². The first-order valence-electron chi connectivity index (χ1n) is 10.6. The Kier molecular flexibility index (Phi) is 5.68. The minimum atomic E-state index is -0.954. The summed E-state index contributed by atoms with van der Waals surface area (Å²) in [6.07, 6.45) is 0.977. The molecule has 3 heterocycles. The summed E-state index contributed by atoms with van der Waals surface area (Å²) < 4.78 is 0. The maximum Gasteiger partial charge on any atom is 0.258 e. The van der Waals surface area contributed by atoms with Crippen LogP contribution in [0.25, 0.3) is 0 Å². The average Bonchev–Trinajstić information content (AvgIpc) is 2.75. The van der Waals surface area contributed by atoms with E-state index in [1.54, 1.807) is 0 Å². The predicted octanol–water partition coefficient (Wildman–Crippen LogP) is 1.15. The van der Waals surface area contributed by atoms with E-state index in [0.29, 0.717) is 37.6 Å². The van der Waals surface area contributed by atoms with Gasteiger partial charge < -0.3 is 21.3 Å². The molecule has 168 valence electrons. The number of benzene rings is 1. The first-order valence-corrected chi connectivity index (χ1v) is 10.6. The predicted molar refractivity (Wildman–Crippen MR) is 120 cm³/mol. The van der Waals surface area contributed by atoms with Crippen molar-refractivity contribution < 1.29 is 14.4 Å². The molecule has 5 N–H and O–H groups in total. The number of nitrogens with one attached hydrogen (secondary N) is 3. The summed E-state index contributed by atoms with van der Waals surface area (Å²) in [5.74, 6) is -1.91. The van der Waals surface area contributed by atoms with Crippen LogP contribution < -0.4 is 26.8 Å². The van der Waals surface area contributed by atoms with Crippen LogP contribution in [-0.2, 0) is 14.4 Å². The number of aromatic amines is 1. The Morgan fingerprint density at radius 1 is 1.19 bits per heavy atom. The van der Waals surface area contributed by atoms with Gasteiger partial charge in [0, 0.05) is 31.1 Å². The third-order valence-corrected chi connectivity index (χ3v) is 6.10. The largest absolute Gasteiger partial charge is 0.369 e. The van der Waals surface area contributed by atoms with E-state index < -0.39 is 17.4 Å². The van der Waals surface area contributed by atoms with Gasteiger partial charge in [-0.25, -0.2) is 0 Å². The van der Waals surface area contributed by atoms with Crippen molar-refractivity contribution >= 4 is 35.2 Å². The molecule has 10 nitrogen and oxygen atoms in total. The van der Waals surface area contributed by atoms with Gasteiger partial charge in [0.15, 0.2) is 0 Å². The van der Waals surface area contributed by atoms with Crippen molar-refractivity contribution in [3.8, 4) is 0 Å². The van der Waals surface area contributed by atoms with Gasteiger partial charge >= 0.3 is 0 Å². The SMILES string of the molecule is Cc1ccc(C)c(NC(=O)[C@@H]2CC(=O)Nc3nc(N4CCC(C(N)=O)CC4)[nH]c(=O)c32)c1. The Hall–Kier alpha value is -3.69.